The molecule has 6 heteroatoms. The van der Waals surface area contributed by atoms with Crippen molar-refractivity contribution in [1.82, 2.24) is 9.80 Å². The van der Waals surface area contributed by atoms with Crippen LogP contribution in [-0.2, 0) is 4.74 Å². The van der Waals surface area contributed by atoms with Crippen LogP contribution in [0.2, 0.25) is 0 Å². The Morgan fingerprint density at radius 1 is 1.20 bits per heavy atom. The highest BCUT2D eigenvalue weighted by Crippen LogP contribution is 2.46. The van der Waals surface area contributed by atoms with Gasteiger partial charge in [-0.2, -0.15) is 0 Å². The third-order valence-electron chi connectivity index (χ3n) is 5.68. The fraction of sp³-hybridized carbons (Fsp3) is 1.00. The molecular weight excluding hydrogens is 259 g/mol. The minimum absolute atomic E-state index is 0.0507. The van der Waals surface area contributed by atoms with Crippen molar-refractivity contribution >= 4 is 0 Å². The van der Waals surface area contributed by atoms with Crippen LogP contribution >= 0.6 is 0 Å². The molecule has 0 aliphatic carbocycles. The van der Waals surface area contributed by atoms with E-state index in [0.29, 0.717) is 19.1 Å². The summed E-state index contributed by atoms with van der Waals surface area (Å²) in [7, 11) is 4.02. The van der Waals surface area contributed by atoms with Crippen LogP contribution in [0.4, 0.5) is 4.39 Å². The van der Waals surface area contributed by atoms with Crippen molar-refractivity contribution in [3.8, 4) is 0 Å². The highest BCUT2D eigenvalue weighted by atomic mass is 19.1. The third-order valence-corrected chi connectivity index (χ3v) is 5.68. The van der Waals surface area contributed by atoms with Crippen molar-refractivity contribution in [2.75, 3.05) is 46.9 Å². The molecule has 0 radical (unpaired) electrons. The number of halogens is 1. The summed E-state index contributed by atoms with van der Waals surface area (Å²) in [6.45, 7) is 5.30. The van der Waals surface area contributed by atoms with Gasteiger partial charge in [-0.1, -0.05) is 0 Å². The van der Waals surface area contributed by atoms with E-state index < -0.39 is 17.3 Å². The predicted octanol–water partition coefficient (Wildman–Crippen LogP) is -0.739. The number of piperidine rings is 2. The topological polar surface area (TPSA) is 67.8 Å². The van der Waals surface area contributed by atoms with Crippen molar-refractivity contribution in [2.24, 2.45) is 23.3 Å². The van der Waals surface area contributed by atoms with E-state index in [1.807, 2.05) is 18.9 Å². The zero-order valence-electron chi connectivity index (χ0n) is 12.7. The van der Waals surface area contributed by atoms with Crippen LogP contribution in [-0.4, -0.2) is 80.0 Å². The molecule has 0 saturated carbocycles. The van der Waals surface area contributed by atoms with E-state index in [-0.39, 0.29) is 12.0 Å². The molecule has 0 aromatic rings. The van der Waals surface area contributed by atoms with Crippen LogP contribution in [0.5, 0.6) is 0 Å². The molecule has 3 aliphatic rings. The molecule has 3 fully saturated rings. The molecule has 2 bridgehead atoms. The Labute approximate surface area is 120 Å². The Bertz CT molecular complexity index is 393. The van der Waals surface area contributed by atoms with Gasteiger partial charge in [0.05, 0.1) is 12.1 Å². The quantitative estimate of drug-likeness (QED) is 0.665. The van der Waals surface area contributed by atoms with Crippen LogP contribution < -0.4 is 11.5 Å². The van der Waals surface area contributed by atoms with Gasteiger partial charge in [0.2, 0.25) is 0 Å². The summed E-state index contributed by atoms with van der Waals surface area (Å²) in [4.78, 5) is 4.26. The van der Waals surface area contributed by atoms with Crippen LogP contribution in [0.1, 0.15) is 6.92 Å². The number of hydrogen-bond donors (Lipinski definition) is 2. The molecule has 3 unspecified atom stereocenters. The average Bonchev–Trinajstić information content (AvgIpc) is 2.56. The summed E-state index contributed by atoms with van der Waals surface area (Å²) >= 11 is 0. The Kier molecular flexibility index (Phi) is 3.38. The van der Waals surface area contributed by atoms with E-state index in [0.717, 1.165) is 19.6 Å². The number of nitrogens with two attached hydrogens (primary N) is 2. The monoisotopic (exact) mass is 286 g/mol. The van der Waals surface area contributed by atoms with E-state index in [4.69, 9.17) is 16.2 Å². The predicted molar refractivity (Wildman–Crippen MR) is 76.1 cm³/mol. The highest BCUT2D eigenvalue weighted by Gasteiger charge is 2.62. The molecule has 0 amide bonds. The van der Waals surface area contributed by atoms with Gasteiger partial charge in [-0.15, -0.1) is 0 Å². The summed E-state index contributed by atoms with van der Waals surface area (Å²) < 4.78 is 20.7. The first-order valence-corrected chi connectivity index (χ1v) is 7.47. The van der Waals surface area contributed by atoms with E-state index in [1.165, 1.54) is 0 Å². The molecule has 116 valence electrons. The minimum Gasteiger partial charge on any atom is -0.371 e. The molecular formula is C14H27FN4O. The van der Waals surface area contributed by atoms with Gasteiger partial charge in [0.25, 0.3) is 0 Å². The Morgan fingerprint density at radius 3 is 2.60 bits per heavy atom. The first-order chi connectivity index (χ1) is 9.27. The lowest BCUT2D eigenvalue weighted by Gasteiger charge is -2.55. The number of likely N-dealkylation sites (N-methyl/N-ethyl adjacent to an activating group) is 1. The molecule has 0 spiro atoms. The highest BCUT2D eigenvalue weighted by molar-refractivity contribution is 5.17. The lowest BCUT2D eigenvalue weighted by molar-refractivity contribution is -0.126. The lowest BCUT2D eigenvalue weighted by atomic mass is 9.64. The van der Waals surface area contributed by atoms with Gasteiger partial charge < -0.3 is 26.0 Å². The number of likely N-dealkylation sites (tertiary alicyclic amines) is 2. The Morgan fingerprint density at radius 2 is 1.90 bits per heavy atom. The Balaban J connectivity index is 1.96. The van der Waals surface area contributed by atoms with Crippen LogP contribution in [0.25, 0.3) is 0 Å². The number of fused-ring (bicyclic) bond motifs is 2. The van der Waals surface area contributed by atoms with E-state index in [2.05, 4.69) is 11.9 Å². The fourth-order valence-electron chi connectivity index (χ4n) is 4.46. The SMILES string of the molecule is CN1CC(F)C(C)(N)C([C@]23CN(C)C[C@H](CO2)[C@H]3N)C1. The molecule has 0 aromatic heterocycles. The van der Waals surface area contributed by atoms with Gasteiger partial charge in [-0.25, -0.2) is 4.39 Å². The van der Waals surface area contributed by atoms with Crippen LogP contribution in [0.15, 0.2) is 0 Å². The maximum Gasteiger partial charge on any atom is 0.131 e. The van der Waals surface area contributed by atoms with Crippen molar-refractivity contribution in [3.05, 3.63) is 0 Å². The van der Waals surface area contributed by atoms with E-state index in [1.54, 1.807) is 0 Å². The molecule has 3 rings (SSSR count). The summed E-state index contributed by atoms with van der Waals surface area (Å²) in [5.74, 6) is 0.237. The molecule has 4 N–H and O–H groups in total. The van der Waals surface area contributed by atoms with Crippen molar-refractivity contribution in [1.29, 1.82) is 0 Å². The van der Waals surface area contributed by atoms with Gasteiger partial charge in [0.15, 0.2) is 0 Å². The largest absolute Gasteiger partial charge is 0.371 e. The van der Waals surface area contributed by atoms with Crippen LogP contribution in [0.3, 0.4) is 0 Å². The summed E-state index contributed by atoms with van der Waals surface area (Å²) in [5.41, 5.74) is 11.5. The van der Waals surface area contributed by atoms with Crippen LogP contribution in [0, 0.1) is 11.8 Å². The molecule has 3 aliphatic heterocycles. The molecule has 3 saturated heterocycles. The second-order valence-corrected chi connectivity index (χ2v) is 7.36. The van der Waals surface area contributed by atoms with E-state index >= 15 is 0 Å². The maximum absolute atomic E-state index is 14.5. The molecule has 3 heterocycles. The van der Waals surface area contributed by atoms with Gasteiger partial charge in [0, 0.05) is 44.1 Å². The third kappa shape index (κ3) is 1.93. The molecule has 5 nitrogen and oxygen atoms in total. The lowest BCUT2D eigenvalue weighted by Crippen LogP contribution is -2.74. The van der Waals surface area contributed by atoms with E-state index in [9.17, 15) is 4.39 Å². The standard InChI is InChI=1S/C14H27FN4O/c1-13(17)10(5-18(2)6-11(13)15)14-8-19(3)4-9(7-20-14)12(14)16/h9-12H,4-8,16-17H2,1-3H3/t9-,10?,11?,12-,13?,14+/m1/s1. The summed E-state index contributed by atoms with van der Waals surface area (Å²) in [6.07, 6.45) is -1.05. The first kappa shape index (κ1) is 14.7. The second-order valence-electron chi connectivity index (χ2n) is 7.36. The zero-order chi connectivity index (χ0) is 14.7. The minimum atomic E-state index is -1.05. The zero-order valence-corrected chi connectivity index (χ0v) is 12.7. The summed E-state index contributed by atoms with van der Waals surface area (Å²) in [5, 5.41) is 0. The smallest absolute Gasteiger partial charge is 0.131 e. The summed E-state index contributed by atoms with van der Waals surface area (Å²) in [6, 6.07) is -0.0507. The fourth-order valence-corrected chi connectivity index (χ4v) is 4.46. The molecule has 20 heavy (non-hydrogen) atoms. The van der Waals surface area contributed by atoms with Gasteiger partial charge in [-0.05, 0) is 21.0 Å². The first-order valence-electron chi connectivity index (χ1n) is 7.47. The van der Waals surface area contributed by atoms with Gasteiger partial charge >= 0.3 is 0 Å². The van der Waals surface area contributed by atoms with Crippen molar-refractivity contribution < 1.29 is 9.13 Å². The molecule has 6 atom stereocenters. The normalized spacial score (nSPS) is 54.3. The number of nitrogens with zero attached hydrogens (tertiary/aromatic N) is 2. The Hall–Kier alpha value is -0.270. The van der Waals surface area contributed by atoms with Crippen molar-refractivity contribution in [2.45, 2.75) is 30.3 Å². The van der Waals surface area contributed by atoms with Gasteiger partial charge in [-0.3, -0.25) is 0 Å². The molecule has 0 aromatic carbocycles. The number of ether oxygens (including phenoxy) is 1. The maximum atomic E-state index is 14.5. The second kappa shape index (κ2) is 4.61. The van der Waals surface area contributed by atoms with Crippen molar-refractivity contribution in [3.63, 3.8) is 0 Å². The average molecular weight is 286 g/mol. The number of hydrogen-bond acceptors (Lipinski definition) is 5. The number of alkyl halides is 1. The van der Waals surface area contributed by atoms with Gasteiger partial charge in [0.1, 0.15) is 11.8 Å². The number of rotatable bonds is 1.